The number of benzene rings is 2. The summed E-state index contributed by atoms with van der Waals surface area (Å²) in [4.78, 5) is 21.8. The van der Waals surface area contributed by atoms with Gasteiger partial charge in [-0.2, -0.15) is 10.1 Å². The standard InChI is InChI=1S/C25H25ClN6O2/c1-17-5-3-4-6-22(17)32-18(2)21(15-27-32)25(33)31-13-11-30(12-14-31)16-23-28-24(29-34-23)19-7-9-20(26)10-8-19/h3-10,15H,11-14,16H2,1-2H3. The highest BCUT2D eigenvalue weighted by atomic mass is 35.5. The zero-order valence-electron chi connectivity index (χ0n) is 19.1. The van der Waals surface area contributed by atoms with E-state index < -0.39 is 0 Å². The molecule has 2 aromatic carbocycles. The molecule has 1 amide bonds. The predicted octanol–water partition coefficient (Wildman–Crippen LogP) is 4.15. The Hall–Kier alpha value is -3.49. The Morgan fingerprint density at radius 3 is 2.50 bits per heavy atom. The van der Waals surface area contributed by atoms with E-state index in [1.165, 1.54) is 0 Å². The molecule has 34 heavy (non-hydrogen) atoms. The molecule has 0 aliphatic carbocycles. The lowest BCUT2D eigenvalue weighted by Crippen LogP contribution is -2.48. The van der Waals surface area contributed by atoms with Gasteiger partial charge >= 0.3 is 0 Å². The maximum absolute atomic E-state index is 13.2. The van der Waals surface area contributed by atoms with Gasteiger partial charge in [0.05, 0.1) is 29.7 Å². The zero-order valence-corrected chi connectivity index (χ0v) is 19.9. The van der Waals surface area contributed by atoms with Crippen molar-refractivity contribution in [1.29, 1.82) is 0 Å². The lowest BCUT2D eigenvalue weighted by atomic mass is 10.1. The topological polar surface area (TPSA) is 80.3 Å². The Kier molecular flexibility index (Phi) is 6.17. The lowest BCUT2D eigenvalue weighted by molar-refractivity contribution is 0.0614. The second-order valence-electron chi connectivity index (χ2n) is 8.43. The molecule has 2 aromatic heterocycles. The summed E-state index contributed by atoms with van der Waals surface area (Å²) in [5.74, 6) is 1.11. The fourth-order valence-corrected chi connectivity index (χ4v) is 4.30. The fraction of sp³-hybridized carbons (Fsp3) is 0.280. The average Bonchev–Trinajstić information content (AvgIpc) is 3.47. The molecule has 5 rings (SSSR count). The largest absolute Gasteiger partial charge is 0.338 e. The number of carbonyl (C=O) groups is 1. The first-order chi connectivity index (χ1) is 16.5. The highest BCUT2D eigenvalue weighted by molar-refractivity contribution is 6.30. The molecule has 3 heterocycles. The summed E-state index contributed by atoms with van der Waals surface area (Å²) in [5, 5.41) is 9.23. The van der Waals surface area contributed by atoms with Crippen molar-refractivity contribution in [2.45, 2.75) is 20.4 Å². The van der Waals surface area contributed by atoms with Gasteiger partial charge < -0.3 is 9.42 Å². The second-order valence-corrected chi connectivity index (χ2v) is 8.87. The number of piperazine rings is 1. The number of hydrogen-bond donors (Lipinski definition) is 0. The molecule has 0 saturated carbocycles. The Balaban J connectivity index is 1.20. The summed E-state index contributed by atoms with van der Waals surface area (Å²) >= 11 is 5.95. The van der Waals surface area contributed by atoms with Crippen molar-refractivity contribution in [1.82, 2.24) is 29.7 Å². The minimum Gasteiger partial charge on any atom is -0.338 e. The van der Waals surface area contributed by atoms with Crippen LogP contribution in [0.15, 0.2) is 59.3 Å². The minimum absolute atomic E-state index is 0.0137. The lowest BCUT2D eigenvalue weighted by Gasteiger charge is -2.33. The van der Waals surface area contributed by atoms with Crippen LogP contribution in [0, 0.1) is 13.8 Å². The SMILES string of the molecule is Cc1ccccc1-n1ncc(C(=O)N2CCN(Cc3nc(-c4ccc(Cl)cc4)no3)CC2)c1C. The van der Waals surface area contributed by atoms with Gasteiger partial charge in [-0.1, -0.05) is 35.0 Å². The molecule has 0 bridgehead atoms. The first kappa shape index (κ1) is 22.3. The maximum atomic E-state index is 13.2. The van der Waals surface area contributed by atoms with Crippen molar-refractivity contribution in [3.63, 3.8) is 0 Å². The smallest absolute Gasteiger partial charge is 0.257 e. The summed E-state index contributed by atoms with van der Waals surface area (Å²) in [5.41, 5.74) is 4.45. The van der Waals surface area contributed by atoms with E-state index >= 15 is 0 Å². The molecule has 1 aliphatic heterocycles. The summed E-state index contributed by atoms with van der Waals surface area (Å²) in [6.45, 7) is 7.26. The molecule has 9 heteroatoms. The molecule has 0 unspecified atom stereocenters. The van der Waals surface area contributed by atoms with Gasteiger partial charge in [-0.05, 0) is 49.7 Å². The summed E-state index contributed by atoms with van der Waals surface area (Å²) < 4.78 is 7.28. The van der Waals surface area contributed by atoms with Gasteiger partial charge in [0.2, 0.25) is 11.7 Å². The van der Waals surface area contributed by atoms with Gasteiger partial charge in [0.1, 0.15) is 0 Å². The molecule has 1 aliphatic rings. The van der Waals surface area contributed by atoms with Gasteiger partial charge in [-0.25, -0.2) is 4.68 Å². The Morgan fingerprint density at radius 1 is 1.03 bits per heavy atom. The third kappa shape index (κ3) is 4.47. The van der Waals surface area contributed by atoms with Crippen molar-refractivity contribution >= 4 is 17.5 Å². The van der Waals surface area contributed by atoms with Crippen molar-refractivity contribution in [2.75, 3.05) is 26.2 Å². The molecular weight excluding hydrogens is 452 g/mol. The normalized spacial score (nSPS) is 14.5. The third-order valence-corrected chi connectivity index (χ3v) is 6.42. The van der Waals surface area contributed by atoms with Gasteiger partial charge in [-0.15, -0.1) is 0 Å². The Labute approximate surface area is 202 Å². The summed E-state index contributed by atoms with van der Waals surface area (Å²) in [6.07, 6.45) is 1.67. The van der Waals surface area contributed by atoms with Crippen molar-refractivity contribution in [3.05, 3.63) is 82.5 Å². The van der Waals surface area contributed by atoms with Crippen LogP contribution in [-0.4, -0.2) is 61.8 Å². The van der Waals surface area contributed by atoms with Gasteiger partial charge in [-0.3, -0.25) is 9.69 Å². The van der Waals surface area contributed by atoms with Gasteiger partial charge in [0.25, 0.3) is 5.91 Å². The van der Waals surface area contributed by atoms with Crippen LogP contribution in [0.2, 0.25) is 5.02 Å². The van der Waals surface area contributed by atoms with Crippen molar-refractivity contribution < 1.29 is 9.32 Å². The van der Waals surface area contributed by atoms with Crippen LogP contribution in [0.5, 0.6) is 0 Å². The molecule has 4 aromatic rings. The predicted molar refractivity (Wildman–Crippen MR) is 129 cm³/mol. The highest BCUT2D eigenvalue weighted by Gasteiger charge is 2.26. The number of aryl methyl sites for hydroxylation is 1. The van der Waals surface area contributed by atoms with E-state index in [9.17, 15) is 4.79 Å². The van der Waals surface area contributed by atoms with E-state index in [4.69, 9.17) is 16.1 Å². The van der Waals surface area contributed by atoms with Crippen LogP contribution in [0.4, 0.5) is 0 Å². The highest BCUT2D eigenvalue weighted by Crippen LogP contribution is 2.21. The Bertz CT molecular complexity index is 1310. The van der Waals surface area contributed by atoms with Crippen LogP contribution in [0.1, 0.15) is 27.5 Å². The number of rotatable bonds is 5. The molecule has 1 fully saturated rings. The van der Waals surface area contributed by atoms with Crippen LogP contribution in [0.25, 0.3) is 17.1 Å². The van der Waals surface area contributed by atoms with E-state index in [1.54, 1.807) is 18.3 Å². The van der Waals surface area contributed by atoms with Crippen LogP contribution in [0.3, 0.4) is 0 Å². The van der Waals surface area contributed by atoms with Crippen LogP contribution in [-0.2, 0) is 6.54 Å². The average molecular weight is 477 g/mol. The fourth-order valence-electron chi connectivity index (χ4n) is 4.17. The summed E-state index contributed by atoms with van der Waals surface area (Å²) in [6, 6.07) is 15.4. The third-order valence-electron chi connectivity index (χ3n) is 6.17. The molecule has 1 saturated heterocycles. The van der Waals surface area contributed by atoms with Crippen molar-refractivity contribution in [3.8, 4) is 17.1 Å². The van der Waals surface area contributed by atoms with Gasteiger partial charge in [0.15, 0.2) is 0 Å². The van der Waals surface area contributed by atoms with Crippen molar-refractivity contribution in [2.24, 2.45) is 0 Å². The number of para-hydroxylation sites is 1. The number of nitrogens with zero attached hydrogens (tertiary/aromatic N) is 6. The Morgan fingerprint density at radius 2 is 1.76 bits per heavy atom. The number of halogens is 1. The van der Waals surface area contributed by atoms with Gasteiger partial charge in [0, 0.05) is 36.8 Å². The van der Waals surface area contributed by atoms with E-state index in [1.807, 2.05) is 59.8 Å². The van der Waals surface area contributed by atoms with Crippen LogP contribution >= 0.6 is 11.6 Å². The number of hydrogen-bond acceptors (Lipinski definition) is 6. The molecule has 174 valence electrons. The number of carbonyl (C=O) groups excluding carboxylic acids is 1. The number of aromatic nitrogens is 4. The molecule has 8 nitrogen and oxygen atoms in total. The van der Waals surface area contributed by atoms with E-state index in [2.05, 4.69) is 20.1 Å². The first-order valence-electron chi connectivity index (χ1n) is 11.2. The van der Waals surface area contributed by atoms with E-state index in [-0.39, 0.29) is 5.91 Å². The first-order valence-corrected chi connectivity index (χ1v) is 11.6. The summed E-state index contributed by atoms with van der Waals surface area (Å²) in [7, 11) is 0. The molecule has 0 atom stereocenters. The zero-order chi connectivity index (χ0) is 23.7. The monoisotopic (exact) mass is 476 g/mol. The molecular formula is C25H25ClN6O2. The quantitative estimate of drug-likeness (QED) is 0.430. The molecule has 0 radical (unpaired) electrons. The van der Waals surface area contributed by atoms with E-state index in [0.29, 0.717) is 41.9 Å². The van der Waals surface area contributed by atoms with E-state index in [0.717, 1.165) is 35.6 Å². The number of amides is 1. The molecule has 0 N–H and O–H groups in total. The maximum Gasteiger partial charge on any atom is 0.257 e. The van der Waals surface area contributed by atoms with Crippen LogP contribution < -0.4 is 0 Å². The molecule has 0 spiro atoms. The minimum atomic E-state index is 0.0137. The second kappa shape index (κ2) is 9.40.